The van der Waals surface area contributed by atoms with Crippen molar-refractivity contribution in [3.8, 4) is 16.9 Å². The third kappa shape index (κ3) is 2.19. The topological polar surface area (TPSA) is 35.2 Å². The molecule has 2 nitrogen and oxygen atoms in total. The molecule has 0 spiro atoms. The van der Waals surface area contributed by atoms with E-state index in [2.05, 4.69) is 39.0 Å². The summed E-state index contributed by atoms with van der Waals surface area (Å²) in [6.45, 7) is 6.19. The molecule has 0 amide bonds. The highest BCUT2D eigenvalue weighted by Gasteiger charge is 2.09. The molecule has 0 aliphatic carbocycles. The van der Waals surface area contributed by atoms with Gasteiger partial charge in [0.15, 0.2) is 0 Å². The van der Waals surface area contributed by atoms with Gasteiger partial charge < -0.3 is 10.5 Å². The predicted octanol–water partition coefficient (Wildman–Crippen LogP) is 3.87. The molecule has 2 N–H and O–H groups in total. The first-order chi connectivity index (χ1) is 8.52. The summed E-state index contributed by atoms with van der Waals surface area (Å²) < 4.78 is 5.39. The monoisotopic (exact) mass is 241 g/mol. The van der Waals surface area contributed by atoms with Crippen molar-refractivity contribution in [2.45, 2.75) is 20.8 Å². The summed E-state index contributed by atoms with van der Waals surface area (Å²) in [6, 6.07) is 10.4. The number of benzene rings is 2. The molecule has 0 saturated carbocycles. The maximum Gasteiger partial charge on any atom is 0.124 e. The molecule has 0 radical (unpaired) electrons. The standard InChI is InChI=1S/C16H19NO/c1-10-5-6-15(17)14(7-10)13-8-11(2)16(18-4)12(3)9-13/h5-9H,17H2,1-4H3. The Kier molecular flexibility index (Phi) is 3.28. The van der Waals surface area contributed by atoms with Gasteiger partial charge in [-0.1, -0.05) is 11.6 Å². The van der Waals surface area contributed by atoms with Gasteiger partial charge in [-0.05, 0) is 61.7 Å². The molecule has 0 bridgehead atoms. The molecule has 0 fully saturated rings. The highest BCUT2D eigenvalue weighted by Crippen LogP contribution is 2.33. The molecule has 0 aliphatic heterocycles. The van der Waals surface area contributed by atoms with Gasteiger partial charge >= 0.3 is 0 Å². The van der Waals surface area contributed by atoms with Gasteiger partial charge in [0.25, 0.3) is 0 Å². The fourth-order valence-electron chi connectivity index (χ4n) is 2.35. The zero-order chi connectivity index (χ0) is 13.3. The first kappa shape index (κ1) is 12.5. The lowest BCUT2D eigenvalue weighted by Crippen LogP contribution is -1.95. The number of methoxy groups -OCH3 is 1. The fourth-order valence-corrected chi connectivity index (χ4v) is 2.35. The predicted molar refractivity (Wildman–Crippen MR) is 77.1 cm³/mol. The van der Waals surface area contributed by atoms with Gasteiger partial charge in [-0.3, -0.25) is 0 Å². The lowest BCUT2D eigenvalue weighted by atomic mass is 9.97. The van der Waals surface area contributed by atoms with E-state index in [0.717, 1.165) is 33.7 Å². The smallest absolute Gasteiger partial charge is 0.124 e. The third-order valence-corrected chi connectivity index (χ3v) is 3.18. The Morgan fingerprint density at radius 2 is 1.56 bits per heavy atom. The summed E-state index contributed by atoms with van der Waals surface area (Å²) in [6.07, 6.45) is 0. The van der Waals surface area contributed by atoms with Crippen molar-refractivity contribution in [1.29, 1.82) is 0 Å². The largest absolute Gasteiger partial charge is 0.496 e. The van der Waals surface area contributed by atoms with Crippen LogP contribution in [0.25, 0.3) is 11.1 Å². The van der Waals surface area contributed by atoms with Crippen molar-refractivity contribution in [3.63, 3.8) is 0 Å². The van der Waals surface area contributed by atoms with Crippen LogP contribution in [0.2, 0.25) is 0 Å². The van der Waals surface area contributed by atoms with Gasteiger partial charge in [0.1, 0.15) is 5.75 Å². The van der Waals surface area contributed by atoms with Crippen molar-refractivity contribution < 1.29 is 4.74 Å². The number of nitrogen functional groups attached to an aromatic ring is 1. The molecular weight excluding hydrogens is 222 g/mol. The first-order valence-corrected chi connectivity index (χ1v) is 6.04. The molecule has 0 atom stereocenters. The van der Waals surface area contributed by atoms with Crippen LogP contribution >= 0.6 is 0 Å². The maximum atomic E-state index is 6.06. The average Bonchev–Trinajstić information content (AvgIpc) is 2.32. The van der Waals surface area contributed by atoms with Crippen LogP contribution in [-0.4, -0.2) is 7.11 Å². The van der Waals surface area contributed by atoms with Crippen molar-refractivity contribution in [2.24, 2.45) is 0 Å². The minimum Gasteiger partial charge on any atom is -0.496 e. The molecule has 2 aromatic carbocycles. The molecule has 2 rings (SSSR count). The van der Waals surface area contributed by atoms with Crippen LogP contribution in [0.15, 0.2) is 30.3 Å². The second kappa shape index (κ2) is 4.73. The summed E-state index contributed by atoms with van der Waals surface area (Å²) in [5.41, 5.74) is 12.6. The summed E-state index contributed by atoms with van der Waals surface area (Å²) in [7, 11) is 1.70. The van der Waals surface area contributed by atoms with Gasteiger partial charge in [-0.15, -0.1) is 0 Å². The fraction of sp³-hybridized carbons (Fsp3) is 0.250. The maximum absolute atomic E-state index is 6.06. The first-order valence-electron chi connectivity index (χ1n) is 6.04. The van der Waals surface area contributed by atoms with E-state index in [1.807, 2.05) is 12.1 Å². The number of hydrogen-bond donors (Lipinski definition) is 1. The molecule has 0 heterocycles. The second-order valence-electron chi connectivity index (χ2n) is 4.73. The highest BCUT2D eigenvalue weighted by atomic mass is 16.5. The van der Waals surface area contributed by atoms with E-state index in [4.69, 9.17) is 10.5 Å². The lowest BCUT2D eigenvalue weighted by molar-refractivity contribution is 0.408. The van der Waals surface area contributed by atoms with Crippen molar-refractivity contribution in [2.75, 3.05) is 12.8 Å². The molecule has 0 saturated heterocycles. The molecular formula is C16H19NO. The van der Waals surface area contributed by atoms with Gasteiger partial charge in [-0.2, -0.15) is 0 Å². The second-order valence-corrected chi connectivity index (χ2v) is 4.73. The van der Waals surface area contributed by atoms with Crippen molar-refractivity contribution in [3.05, 3.63) is 47.0 Å². The van der Waals surface area contributed by atoms with Gasteiger partial charge in [0, 0.05) is 11.3 Å². The van der Waals surface area contributed by atoms with Crippen LogP contribution in [0.3, 0.4) is 0 Å². The summed E-state index contributed by atoms with van der Waals surface area (Å²) in [5.74, 6) is 0.949. The minimum absolute atomic E-state index is 0.810. The van der Waals surface area contributed by atoms with Crippen LogP contribution in [-0.2, 0) is 0 Å². The number of rotatable bonds is 2. The van der Waals surface area contributed by atoms with Gasteiger partial charge in [-0.25, -0.2) is 0 Å². The number of ether oxygens (including phenoxy) is 1. The van der Waals surface area contributed by atoms with Crippen molar-refractivity contribution in [1.82, 2.24) is 0 Å². The Labute approximate surface area is 108 Å². The van der Waals surface area contributed by atoms with E-state index >= 15 is 0 Å². The van der Waals surface area contributed by atoms with Crippen LogP contribution in [0.4, 0.5) is 5.69 Å². The molecule has 0 unspecified atom stereocenters. The Morgan fingerprint density at radius 1 is 0.944 bits per heavy atom. The van der Waals surface area contributed by atoms with E-state index in [0.29, 0.717) is 0 Å². The van der Waals surface area contributed by atoms with E-state index in [-0.39, 0.29) is 0 Å². The Balaban J connectivity index is 2.61. The summed E-state index contributed by atoms with van der Waals surface area (Å²) in [4.78, 5) is 0. The van der Waals surface area contributed by atoms with Crippen LogP contribution in [0.5, 0.6) is 5.75 Å². The van der Waals surface area contributed by atoms with E-state index in [1.165, 1.54) is 5.56 Å². The summed E-state index contributed by atoms with van der Waals surface area (Å²) >= 11 is 0. The minimum atomic E-state index is 0.810. The zero-order valence-electron chi connectivity index (χ0n) is 11.4. The van der Waals surface area contributed by atoms with Crippen LogP contribution < -0.4 is 10.5 Å². The Hall–Kier alpha value is -1.96. The number of aryl methyl sites for hydroxylation is 3. The Bertz CT molecular complexity index is 565. The molecule has 0 aliphatic rings. The SMILES string of the molecule is COc1c(C)cc(-c2cc(C)ccc2N)cc1C. The Morgan fingerprint density at radius 3 is 2.11 bits per heavy atom. The van der Waals surface area contributed by atoms with Crippen LogP contribution in [0, 0.1) is 20.8 Å². The summed E-state index contributed by atoms with van der Waals surface area (Å²) in [5, 5.41) is 0. The average molecular weight is 241 g/mol. The van der Waals surface area contributed by atoms with Crippen LogP contribution in [0.1, 0.15) is 16.7 Å². The molecule has 18 heavy (non-hydrogen) atoms. The molecule has 0 aromatic heterocycles. The normalized spacial score (nSPS) is 10.4. The lowest BCUT2D eigenvalue weighted by Gasteiger charge is -2.13. The van der Waals surface area contributed by atoms with E-state index in [9.17, 15) is 0 Å². The molecule has 2 aromatic rings. The zero-order valence-corrected chi connectivity index (χ0v) is 11.4. The van der Waals surface area contributed by atoms with E-state index < -0.39 is 0 Å². The third-order valence-electron chi connectivity index (χ3n) is 3.18. The highest BCUT2D eigenvalue weighted by molar-refractivity contribution is 5.78. The van der Waals surface area contributed by atoms with Crippen molar-refractivity contribution >= 4 is 5.69 Å². The number of hydrogen-bond acceptors (Lipinski definition) is 2. The molecule has 94 valence electrons. The quantitative estimate of drug-likeness (QED) is 0.810. The number of nitrogens with two attached hydrogens (primary N) is 1. The van der Waals surface area contributed by atoms with E-state index in [1.54, 1.807) is 7.11 Å². The van der Waals surface area contributed by atoms with Gasteiger partial charge in [0.2, 0.25) is 0 Å². The number of anilines is 1. The van der Waals surface area contributed by atoms with Gasteiger partial charge in [0.05, 0.1) is 7.11 Å². The molecule has 2 heteroatoms.